The largest absolute Gasteiger partial charge is 0.379 e. The molecule has 0 radical (unpaired) electrons. The second-order valence-electron chi connectivity index (χ2n) is 6.64. The lowest BCUT2D eigenvalue weighted by molar-refractivity contribution is -0.384. The molecular formula is C19H23BrN2O5S. The summed E-state index contributed by atoms with van der Waals surface area (Å²) >= 11 is 3.23. The summed E-state index contributed by atoms with van der Waals surface area (Å²) in [5.41, 5.74) is 1.44. The van der Waals surface area contributed by atoms with E-state index in [-0.39, 0.29) is 23.1 Å². The summed E-state index contributed by atoms with van der Waals surface area (Å²) in [6, 6.07) is 11.4. The summed E-state index contributed by atoms with van der Waals surface area (Å²) in [7, 11) is -3.74. The SMILES string of the molecule is Cc1ccc(S(=O)(=O)OCCC[C@@H](C)CNc2ccc(Br)cc2[N+](=O)[O-])cc1. The van der Waals surface area contributed by atoms with Crippen LogP contribution in [0, 0.1) is 23.0 Å². The summed E-state index contributed by atoms with van der Waals surface area (Å²) in [6.45, 7) is 4.51. The lowest BCUT2D eigenvalue weighted by atomic mass is 10.1. The highest BCUT2D eigenvalue weighted by Gasteiger charge is 2.16. The van der Waals surface area contributed by atoms with Gasteiger partial charge in [0.15, 0.2) is 0 Å². The van der Waals surface area contributed by atoms with Crippen LogP contribution in [0.25, 0.3) is 0 Å². The Morgan fingerprint density at radius 3 is 2.54 bits per heavy atom. The molecule has 7 nitrogen and oxygen atoms in total. The molecule has 2 rings (SSSR count). The maximum Gasteiger partial charge on any atom is 0.296 e. The summed E-state index contributed by atoms with van der Waals surface area (Å²) in [4.78, 5) is 10.8. The fourth-order valence-electron chi connectivity index (χ4n) is 2.56. The summed E-state index contributed by atoms with van der Waals surface area (Å²) in [6.07, 6.45) is 1.29. The molecule has 0 amide bonds. The molecule has 9 heteroatoms. The number of nitrogens with zero attached hydrogens (tertiary/aromatic N) is 1. The molecule has 28 heavy (non-hydrogen) atoms. The minimum atomic E-state index is -3.74. The van der Waals surface area contributed by atoms with Crippen LogP contribution in [-0.2, 0) is 14.3 Å². The van der Waals surface area contributed by atoms with Crippen LogP contribution in [-0.4, -0.2) is 26.5 Å². The van der Waals surface area contributed by atoms with Gasteiger partial charge in [-0.25, -0.2) is 0 Å². The Kier molecular flexibility index (Phi) is 7.97. The second-order valence-corrected chi connectivity index (χ2v) is 9.17. The molecule has 0 saturated heterocycles. The van der Waals surface area contributed by atoms with Gasteiger partial charge in [-0.2, -0.15) is 8.42 Å². The van der Waals surface area contributed by atoms with Crippen LogP contribution in [0.3, 0.4) is 0 Å². The van der Waals surface area contributed by atoms with E-state index in [1.165, 1.54) is 18.2 Å². The van der Waals surface area contributed by atoms with Gasteiger partial charge >= 0.3 is 0 Å². The van der Waals surface area contributed by atoms with Crippen LogP contribution in [0.4, 0.5) is 11.4 Å². The Balaban J connectivity index is 1.78. The Labute approximate surface area is 173 Å². The molecule has 0 aliphatic heterocycles. The number of hydrogen-bond acceptors (Lipinski definition) is 6. The fourth-order valence-corrected chi connectivity index (χ4v) is 3.86. The van der Waals surface area contributed by atoms with Gasteiger partial charge in [-0.3, -0.25) is 14.3 Å². The van der Waals surface area contributed by atoms with Gasteiger partial charge in [-0.15, -0.1) is 0 Å². The summed E-state index contributed by atoms with van der Waals surface area (Å²) in [5.74, 6) is 0.189. The van der Waals surface area contributed by atoms with Crippen LogP contribution < -0.4 is 5.32 Å². The van der Waals surface area contributed by atoms with E-state index in [9.17, 15) is 18.5 Å². The van der Waals surface area contributed by atoms with Gasteiger partial charge < -0.3 is 5.32 Å². The zero-order valence-electron chi connectivity index (χ0n) is 15.7. The van der Waals surface area contributed by atoms with Gasteiger partial charge in [0.2, 0.25) is 0 Å². The smallest absolute Gasteiger partial charge is 0.296 e. The minimum absolute atomic E-state index is 0.00843. The molecule has 0 aliphatic rings. The van der Waals surface area contributed by atoms with E-state index >= 15 is 0 Å². The number of halogens is 1. The number of benzene rings is 2. The Morgan fingerprint density at radius 1 is 1.21 bits per heavy atom. The van der Waals surface area contributed by atoms with Crippen LogP contribution >= 0.6 is 15.9 Å². The van der Waals surface area contributed by atoms with Gasteiger partial charge in [0.1, 0.15) is 5.69 Å². The predicted octanol–water partition coefficient (Wildman–Crippen LogP) is 4.90. The molecule has 0 aliphatic carbocycles. The molecule has 0 heterocycles. The predicted molar refractivity (Wildman–Crippen MR) is 112 cm³/mol. The average Bonchev–Trinajstić information content (AvgIpc) is 2.64. The molecule has 1 atom stereocenters. The number of rotatable bonds is 10. The van der Waals surface area contributed by atoms with E-state index in [0.717, 1.165) is 12.0 Å². The van der Waals surface area contributed by atoms with Crippen LogP contribution in [0.15, 0.2) is 51.8 Å². The molecular weight excluding hydrogens is 448 g/mol. The Bertz CT molecular complexity index is 916. The molecule has 0 bridgehead atoms. The van der Waals surface area contributed by atoms with E-state index in [1.54, 1.807) is 24.3 Å². The van der Waals surface area contributed by atoms with Crippen LogP contribution in [0.1, 0.15) is 25.3 Å². The normalized spacial score (nSPS) is 12.5. The molecule has 152 valence electrons. The van der Waals surface area contributed by atoms with E-state index < -0.39 is 15.0 Å². The average molecular weight is 471 g/mol. The molecule has 0 saturated carbocycles. The second kappa shape index (κ2) is 9.99. The first kappa shape index (κ1) is 22.3. The Hall–Kier alpha value is -1.97. The van der Waals surface area contributed by atoms with E-state index in [4.69, 9.17) is 4.18 Å². The quantitative estimate of drug-likeness (QED) is 0.229. The zero-order chi connectivity index (χ0) is 20.7. The van der Waals surface area contributed by atoms with Crippen molar-refractivity contribution in [3.05, 3.63) is 62.6 Å². The highest BCUT2D eigenvalue weighted by atomic mass is 79.9. The third-order valence-electron chi connectivity index (χ3n) is 4.19. The zero-order valence-corrected chi connectivity index (χ0v) is 18.1. The van der Waals surface area contributed by atoms with E-state index in [0.29, 0.717) is 23.1 Å². The van der Waals surface area contributed by atoms with Crippen molar-refractivity contribution in [3.63, 3.8) is 0 Å². The number of aryl methyl sites for hydroxylation is 1. The molecule has 0 aromatic heterocycles. The molecule has 0 fully saturated rings. The molecule has 0 unspecified atom stereocenters. The van der Waals surface area contributed by atoms with Gasteiger partial charge in [-0.1, -0.05) is 40.5 Å². The number of hydrogen-bond donors (Lipinski definition) is 1. The van der Waals surface area contributed by atoms with Crippen LogP contribution in [0.5, 0.6) is 0 Å². The lowest BCUT2D eigenvalue weighted by Crippen LogP contribution is -2.14. The topological polar surface area (TPSA) is 98.5 Å². The van der Waals surface area contributed by atoms with E-state index in [1.807, 2.05) is 13.8 Å². The standard InChI is InChI=1S/C19H23BrN2O5S/c1-14-5-8-17(9-6-14)28(25,26)27-11-3-4-15(2)13-21-18-10-7-16(20)12-19(18)22(23)24/h5-10,12,15,21H,3-4,11,13H2,1-2H3/t15-/m1/s1. The molecule has 2 aromatic rings. The minimum Gasteiger partial charge on any atom is -0.379 e. The van der Waals surface area contributed by atoms with Crippen molar-refractivity contribution in [2.75, 3.05) is 18.5 Å². The van der Waals surface area contributed by atoms with Gasteiger partial charge in [0, 0.05) is 17.1 Å². The molecule has 0 spiro atoms. The third-order valence-corrected chi connectivity index (χ3v) is 6.01. The van der Waals surface area contributed by atoms with E-state index in [2.05, 4.69) is 21.2 Å². The molecule has 1 N–H and O–H groups in total. The molecule has 2 aromatic carbocycles. The number of anilines is 1. The number of nitro benzene ring substituents is 1. The first-order chi connectivity index (χ1) is 13.2. The van der Waals surface area contributed by atoms with Crippen molar-refractivity contribution in [2.24, 2.45) is 5.92 Å². The van der Waals surface area contributed by atoms with Crippen molar-refractivity contribution in [2.45, 2.75) is 31.6 Å². The highest BCUT2D eigenvalue weighted by molar-refractivity contribution is 9.10. The lowest BCUT2D eigenvalue weighted by Gasteiger charge is -2.14. The number of nitro groups is 1. The monoisotopic (exact) mass is 470 g/mol. The van der Waals surface area contributed by atoms with Crippen molar-refractivity contribution in [1.82, 2.24) is 0 Å². The summed E-state index contributed by atoms with van der Waals surface area (Å²) < 4.78 is 30.0. The van der Waals surface area contributed by atoms with Crippen molar-refractivity contribution in [1.29, 1.82) is 0 Å². The Morgan fingerprint density at radius 2 is 1.89 bits per heavy atom. The van der Waals surface area contributed by atoms with Crippen LogP contribution in [0.2, 0.25) is 0 Å². The van der Waals surface area contributed by atoms with Crippen molar-refractivity contribution < 1.29 is 17.5 Å². The van der Waals surface area contributed by atoms with Gasteiger partial charge in [-0.05, 0) is 49.9 Å². The summed E-state index contributed by atoms with van der Waals surface area (Å²) in [5, 5.41) is 14.2. The maximum absolute atomic E-state index is 12.1. The highest BCUT2D eigenvalue weighted by Crippen LogP contribution is 2.28. The maximum atomic E-state index is 12.1. The van der Waals surface area contributed by atoms with Gasteiger partial charge in [0.05, 0.1) is 16.4 Å². The first-order valence-electron chi connectivity index (χ1n) is 8.83. The van der Waals surface area contributed by atoms with Crippen molar-refractivity contribution in [3.8, 4) is 0 Å². The third kappa shape index (κ3) is 6.57. The number of nitrogens with one attached hydrogen (secondary N) is 1. The fraction of sp³-hybridized carbons (Fsp3) is 0.368. The first-order valence-corrected chi connectivity index (χ1v) is 11.0. The van der Waals surface area contributed by atoms with Gasteiger partial charge in [0.25, 0.3) is 15.8 Å². The van der Waals surface area contributed by atoms with Crippen molar-refractivity contribution >= 4 is 37.4 Å².